The second-order valence-corrected chi connectivity index (χ2v) is 4.04. The van der Waals surface area contributed by atoms with Gasteiger partial charge in [0.2, 0.25) is 6.54 Å². The van der Waals surface area contributed by atoms with E-state index in [1.165, 1.54) is 5.56 Å². The van der Waals surface area contributed by atoms with E-state index in [0.717, 1.165) is 17.9 Å². The first kappa shape index (κ1) is 8.59. The molecule has 1 aliphatic rings. The summed E-state index contributed by atoms with van der Waals surface area (Å²) in [5.41, 5.74) is 1.38. The van der Waals surface area contributed by atoms with Gasteiger partial charge in [0.15, 0.2) is 0 Å². The topological polar surface area (TPSA) is 4.36 Å². The molecule has 1 aromatic carbocycles. The van der Waals surface area contributed by atoms with E-state index in [1.54, 1.807) is 0 Å². The Morgan fingerprint density at radius 3 is 2.77 bits per heavy atom. The van der Waals surface area contributed by atoms with Gasteiger partial charge >= 0.3 is 0 Å². The zero-order chi connectivity index (χ0) is 9.31. The van der Waals surface area contributed by atoms with Gasteiger partial charge in [0.05, 0.1) is 5.41 Å². The van der Waals surface area contributed by atoms with Crippen LogP contribution >= 0.6 is 11.6 Å². The Balaban J connectivity index is 2.31. The minimum Gasteiger partial charge on any atom is -0.316 e. The SMILES string of the molecule is [C-]#[N+]CC1(c2cccc(Cl)c2)CC1. The summed E-state index contributed by atoms with van der Waals surface area (Å²) < 4.78 is 0. The van der Waals surface area contributed by atoms with Crippen LogP contribution in [0.15, 0.2) is 24.3 Å². The molecular weight excluding hydrogens is 182 g/mol. The van der Waals surface area contributed by atoms with E-state index in [4.69, 9.17) is 18.2 Å². The van der Waals surface area contributed by atoms with Crippen LogP contribution in [-0.2, 0) is 5.41 Å². The first-order valence-corrected chi connectivity index (χ1v) is 4.74. The third-order valence-electron chi connectivity index (χ3n) is 2.67. The van der Waals surface area contributed by atoms with Crippen LogP contribution in [0.3, 0.4) is 0 Å². The van der Waals surface area contributed by atoms with E-state index in [0.29, 0.717) is 6.54 Å². The Hall–Kier alpha value is -1.00. The van der Waals surface area contributed by atoms with Gasteiger partial charge in [-0.2, -0.15) is 0 Å². The molecule has 0 saturated heterocycles. The number of hydrogen-bond donors (Lipinski definition) is 0. The molecule has 1 aliphatic carbocycles. The van der Waals surface area contributed by atoms with E-state index < -0.39 is 0 Å². The lowest BCUT2D eigenvalue weighted by Gasteiger charge is -2.08. The van der Waals surface area contributed by atoms with Crippen molar-refractivity contribution in [3.05, 3.63) is 46.3 Å². The van der Waals surface area contributed by atoms with Gasteiger partial charge in [-0.05, 0) is 30.5 Å². The van der Waals surface area contributed by atoms with Crippen molar-refractivity contribution in [1.29, 1.82) is 0 Å². The highest BCUT2D eigenvalue weighted by atomic mass is 35.5. The fourth-order valence-electron chi connectivity index (χ4n) is 1.66. The first-order valence-electron chi connectivity index (χ1n) is 4.36. The van der Waals surface area contributed by atoms with E-state index >= 15 is 0 Å². The van der Waals surface area contributed by atoms with Crippen molar-refractivity contribution in [2.75, 3.05) is 6.54 Å². The maximum Gasteiger partial charge on any atom is 0.224 e. The summed E-state index contributed by atoms with van der Waals surface area (Å²) in [5, 5.41) is 0.772. The van der Waals surface area contributed by atoms with Crippen molar-refractivity contribution in [2.45, 2.75) is 18.3 Å². The molecule has 0 spiro atoms. The van der Waals surface area contributed by atoms with Crippen LogP contribution in [0, 0.1) is 6.57 Å². The van der Waals surface area contributed by atoms with Gasteiger partial charge in [-0.25, -0.2) is 6.57 Å². The summed E-state index contributed by atoms with van der Waals surface area (Å²) >= 11 is 5.90. The van der Waals surface area contributed by atoms with E-state index in [1.807, 2.05) is 18.2 Å². The van der Waals surface area contributed by atoms with Crippen LogP contribution < -0.4 is 0 Å². The van der Waals surface area contributed by atoms with Crippen molar-refractivity contribution < 1.29 is 0 Å². The fourth-order valence-corrected chi connectivity index (χ4v) is 1.85. The number of halogens is 1. The second kappa shape index (κ2) is 3.05. The molecule has 0 heterocycles. The molecule has 1 saturated carbocycles. The number of rotatable bonds is 2. The molecule has 0 amide bonds. The van der Waals surface area contributed by atoms with Gasteiger partial charge in [0.1, 0.15) is 0 Å². The van der Waals surface area contributed by atoms with Gasteiger partial charge in [-0.3, -0.25) is 0 Å². The fraction of sp³-hybridized carbons (Fsp3) is 0.364. The maximum atomic E-state index is 6.89. The lowest BCUT2D eigenvalue weighted by atomic mass is 9.96. The highest BCUT2D eigenvalue weighted by Crippen LogP contribution is 2.48. The summed E-state index contributed by atoms with van der Waals surface area (Å²) in [6.07, 6.45) is 2.27. The number of benzene rings is 1. The summed E-state index contributed by atoms with van der Waals surface area (Å²) in [7, 11) is 0. The van der Waals surface area contributed by atoms with Gasteiger partial charge in [0, 0.05) is 5.02 Å². The molecular formula is C11H10ClN. The summed E-state index contributed by atoms with van der Waals surface area (Å²) in [5.74, 6) is 0. The van der Waals surface area contributed by atoms with Gasteiger partial charge in [-0.1, -0.05) is 23.7 Å². The molecule has 0 unspecified atom stereocenters. The molecule has 1 aromatic rings. The van der Waals surface area contributed by atoms with Gasteiger partial charge < -0.3 is 4.85 Å². The van der Waals surface area contributed by atoms with Crippen LogP contribution in [0.4, 0.5) is 0 Å². The Kier molecular flexibility index (Phi) is 2.01. The molecule has 0 N–H and O–H groups in total. The van der Waals surface area contributed by atoms with Crippen LogP contribution in [0.1, 0.15) is 18.4 Å². The van der Waals surface area contributed by atoms with Crippen LogP contribution in [0.25, 0.3) is 4.85 Å². The van der Waals surface area contributed by atoms with Crippen LogP contribution in [-0.4, -0.2) is 6.54 Å². The molecule has 1 nitrogen and oxygen atoms in total. The van der Waals surface area contributed by atoms with Gasteiger partial charge in [0.25, 0.3) is 0 Å². The maximum absolute atomic E-state index is 6.89. The molecule has 0 atom stereocenters. The molecule has 66 valence electrons. The minimum absolute atomic E-state index is 0.145. The molecule has 0 aliphatic heterocycles. The predicted molar refractivity (Wildman–Crippen MR) is 53.8 cm³/mol. The average Bonchev–Trinajstić information content (AvgIpc) is 2.86. The van der Waals surface area contributed by atoms with Crippen molar-refractivity contribution >= 4 is 11.6 Å². The average molecular weight is 192 g/mol. The summed E-state index contributed by atoms with van der Waals surface area (Å²) in [6.45, 7) is 7.50. The second-order valence-electron chi connectivity index (χ2n) is 3.61. The zero-order valence-electron chi connectivity index (χ0n) is 7.26. The molecule has 1 fully saturated rings. The Bertz CT molecular complexity index is 361. The van der Waals surface area contributed by atoms with Crippen molar-refractivity contribution in [3.8, 4) is 0 Å². The Morgan fingerprint density at radius 2 is 2.23 bits per heavy atom. The third-order valence-corrected chi connectivity index (χ3v) is 2.91. The molecule has 0 bridgehead atoms. The van der Waals surface area contributed by atoms with Crippen LogP contribution in [0.5, 0.6) is 0 Å². The molecule has 2 heteroatoms. The van der Waals surface area contributed by atoms with Crippen molar-refractivity contribution in [1.82, 2.24) is 0 Å². The Morgan fingerprint density at radius 1 is 1.46 bits per heavy atom. The zero-order valence-corrected chi connectivity index (χ0v) is 8.01. The van der Waals surface area contributed by atoms with Gasteiger partial charge in [-0.15, -0.1) is 0 Å². The summed E-state index contributed by atoms with van der Waals surface area (Å²) in [6, 6.07) is 7.89. The van der Waals surface area contributed by atoms with Crippen molar-refractivity contribution in [2.24, 2.45) is 0 Å². The lowest BCUT2D eigenvalue weighted by molar-refractivity contribution is 0.758. The quantitative estimate of drug-likeness (QED) is 0.632. The minimum atomic E-state index is 0.145. The normalized spacial score (nSPS) is 17.8. The van der Waals surface area contributed by atoms with E-state index in [9.17, 15) is 0 Å². The first-order chi connectivity index (χ1) is 6.27. The predicted octanol–water partition coefficient (Wildman–Crippen LogP) is 3.29. The largest absolute Gasteiger partial charge is 0.316 e. The molecule has 0 aromatic heterocycles. The monoisotopic (exact) mass is 191 g/mol. The van der Waals surface area contributed by atoms with Crippen LogP contribution in [0.2, 0.25) is 5.02 Å². The molecule has 0 radical (unpaired) electrons. The smallest absolute Gasteiger partial charge is 0.224 e. The van der Waals surface area contributed by atoms with Crippen molar-refractivity contribution in [3.63, 3.8) is 0 Å². The van der Waals surface area contributed by atoms with E-state index in [2.05, 4.69) is 10.9 Å². The molecule has 2 rings (SSSR count). The highest BCUT2D eigenvalue weighted by molar-refractivity contribution is 6.30. The highest BCUT2D eigenvalue weighted by Gasteiger charge is 2.47. The molecule has 13 heavy (non-hydrogen) atoms. The summed E-state index contributed by atoms with van der Waals surface area (Å²) in [4.78, 5) is 3.48. The van der Waals surface area contributed by atoms with E-state index in [-0.39, 0.29) is 5.41 Å². The number of hydrogen-bond acceptors (Lipinski definition) is 0. The number of nitrogens with zero attached hydrogens (tertiary/aromatic N) is 1. The Labute approximate surface area is 83.2 Å². The third kappa shape index (κ3) is 1.55. The standard InChI is InChI=1S/C11H10ClN/c1-13-8-11(5-6-11)9-3-2-4-10(12)7-9/h2-4,7H,5-6,8H2. The lowest BCUT2D eigenvalue weighted by Crippen LogP contribution is -2.09.